The maximum Gasteiger partial charge on any atom is 0.328 e. The van der Waals surface area contributed by atoms with Crippen LogP contribution < -0.4 is 0 Å². The minimum atomic E-state index is -0.387. The summed E-state index contributed by atoms with van der Waals surface area (Å²) in [4.78, 5) is 15.1. The van der Waals surface area contributed by atoms with Gasteiger partial charge in [0.25, 0.3) is 0 Å². The second-order valence-corrected chi connectivity index (χ2v) is 4.81. The van der Waals surface area contributed by atoms with Gasteiger partial charge in [-0.2, -0.15) is 5.26 Å². The van der Waals surface area contributed by atoms with Crippen molar-refractivity contribution in [2.45, 2.75) is 0 Å². The molecule has 22 heavy (non-hydrogen) atoms. The zero-order valence-corrected chi connectivity index (χ0v) is 11.5. The van der Waals surface area contributed by atoms with Crippen molar-refractivity contribution >= 4 is 11.7 Å². The number of hydrogen-bond donors (Lipinski definition) is 0. The third kappa shape index (κ3) is 2.72. The van der Waals surface area contributed by atoms with E-state index in [1.54, 1.807) is 36.4 Å². The Morgan fingerprint density at radius 1 is 1.14 bits per heavy atom. The average Bonchev–Trinajstić information content (AvgIpc) is 2.56. The van der Waals surface area contributed by atoms with Crippen LogP contribution in [0.2, 0.25) is 0 Å². The average molecular weight is 294 g/mol. The number of nitriles is 1. The standard InChI is InChI=1S/C17H11FN2O2/c18-15-7-13(16-10-22-17(21)9-20-16)5-6-14(15)12-3-1-11(8-19)2-4-12/h1-7H,9-10H2. The van der Waals surface area contributed by atoms with Gasteiger partial charge in [0, 0.05) is 11.1 Å². The fourth-order valence-corrected chi connectivity index (χ4v) is 2.23. The third-order valence-corrected chi connectivity index (χ3v) is 3.40. The molecular formula is C17H11FN2O2. The molecule has 0 radical (unpaired) electrons. The predicted octanol–water partition coefficient (Wildman–Crippen LogP) is 2.71. The van der Waals surface area contributed by atoms with Crippen LogP contribution in [0.15, 0.2) is 47.5 Å². The number of ether oxygens (including phenoxy) is 1. The Balaban J connectivity index is 1.92. The topological polar surface area (TPSA) is 62.5 Å². The summed E-state index contributed by atoms with van der Waals surface area (Å²) < 4.78 is 19.2. The van der Waals surface area contributed by atoms with E-state index in [-0.39, 0.29) is 24.9 Å². The summed E-state index contributed by atoms with van der Waals surface area (Å²) in [5, 5.41) is 8.78. The number of carbonyl (C=O) groups is 1. The minimum Gasteiger partial charge on any atom is -0.458 e. The van der Waals surface area contributed by atoms with E-state index in [4.69, 9.17) is 10.00 Å². The molecule has 108 valence electrons. The number of carbonyl (C=O) groups excluding carboxylic acids is 1. The van der Waals surface area contributed by atoms with Gasteiger partial charge in [0.15, 0.2) is 0 Å². The summed E-state index contributed by atoms with van der Waals surface area (Å²) in [7, 11) is 0. The second-order valence-electron chi connectivity index (χ2n) is 4.81. The van der Waals surface area contributed by atoms with Crippen LogP contribution in [0, 0.1) is 17.1 Å². The first-order valence-electron chi connectivity index (χ1n) is 6.67. The van der Waals surface area contributed by atoms with Gasteiger partial charge < -0.3 is 4.74 Å². The molecule has 0 bridgehead atoms. The summed E-state index contributed by atoms with van der Waals surface area (Å²) in [6, 6.07) is 13.5. The number of nitrogens with zero attached hydrogens (tertiary/aromatic N) is 2. The highest BCUT2D eigenvalue weighted by Gasteiger charge is 2.16. The molecule has 0 saturated carbocycles. The van der Waals surface area contributed by atoms with Crippen LogP contribution in [0.5, 0.6) is 0 Å². The molecule has 0 saturated heterocycles. The molecular weight excluding hydrogens is 283 g/mol. The molecule has 0 N–H and O–H groups in total. The van der Waals surface area contributed by atoms with Crippen molar-refractivity contribution in [1.82, 2.24) is 0 Å². The SMILES string of the molecule is N#Cc1ccc(-c2ccc(C3=NCC(=O)OC3)cc2F)cc1. The van der Waals surface area contributed by atoms with Gasteiger partial charge in [-0.05, 0) is 23.8 Å². The van der Waals surface area contributed by atoms with Crippen LogP contribution in [-0.4, -0.2) is 24.8 Å². The first-order valence-corrected chi connectivity index (χ1v) is 6.67. The highest BCUT2D eigenvalue weighted by atomic mass is 19.1. The molecule has 2 aromatic rings. The molecule has 0 atom stereocenters. The molecule has 2 aromatic carbocycles. The highest BCUT2D eigenvalue weighted by Crippen LogP contribution is 2.24. The fraction of sp³-hybridized carbons (Fsp3) is 0.118. The molecule has 0 fully saturated rings. The lowest BCUT2D eigenvalue weighted by molar-refractivity contribution is -0.140. The molecule has 1 heterocycles. The predicted molar refractivity (Wildman–Crippen MR) is 78.9 cm³/mol. The first-order chi connectivity index (χ1) is 10.7. The van der Waals surface area contributed by atoms with Crippen molar-refractivity contribution in [3.8, 4) is 17.2 Å². The molecule has 1 aliphatic heterocycles. The number of aliphatic imine (C=N–C) groups is 1. The van der Waals surface area contributed by atoms with Crippen molar-refractivity contribution in [2.24, 2.45) is 4.99 Å². The maximum absolute atomic E-state index is 14.3. The van der Waals surface area contributed by atoms with E-state index < -0.39 is 0 Å². The van der Waals surface area contributed by atoms with Crippen molar-refractivity contribution < 1.29 is 13.9 Å². The first kappa shape index (κ1) is 14.0. The molecule has 1 aliphatic rings. The monoisotopic (exact) mass is 294 g/mol. The molecule has 0 unspecified atom stereocenters. The Hall–Kier alpha value is -3.00. The summed E-state index contributed by atoms with van der Waals surface area (Å²) in [6.45, 7) is 0.0306. The zero-order chi connectivity index (χ0) is 15.5. The summed E-state index contributed by atoms with van der Waals surface area (Å²) in [5.74, 6) is -0.764. The summed E-state index contributed by atoms with van der Waals surface area (Å²) in [5.41, 5.74) is 2.83. The highest BCUT2D eigenvalue weighted by molar-refractivity contribution is 6.04. The quantitative estimate of drug-likeness (QED) is 0.800. The Labute approximate surface area is 126 Å². The Morgan fingerprint density at radius 3 is 2.45 bits per heavy atom. The molecule has 0 amide bonds. The van der Waals surface area contributed by atoms with Gasteiger partial charge in [0.05, 0.1) is 17.3 Å². The van der Waals surface area contributed by atoms with Crippen molar-refractivity contribution in [3.63, 3.8) is 0 Å². The summed E-state index contributed by atoms with van der Waals surface area (Å²) in [6.07, 6.45) is 0. The molecule has 4 nitrogen and oxygen atoms in total. The lowest BCUT2D eigenvalue weighted by Crippen LogP contribution is -2.23. The minimum absolute atomic E-state index is 0.0334. The fourth-order valence-electron chi connectivity index (χ4n) is 2.23. The lowest BCUT2D eigenvalue weighted by atomic mass is 10.0. The number of halogens is 1. The number of esters is 1. The lowest BCUT2D eigenvalue weighted by Gasteiger charge is -2.13. The van der Waals surface area contributed by atoms with E-state index in [1.165, 1.54) is 6.07 Å². The van der Waals surface area contributed by atoms with Gasteiger partial charge >= 0.3 is 5.97 Å². The molecule has 0 spiro atoms. The van der Waals surface area contributed by atoms with Crippen molar-refractivity contribution in [3.05, 3.63) is 59.4 Å². The van der Waals surface area contributed by atoms with Crippen LogP contribution >= 0.6 is 0 Å². The van der Waals surface area contributed by atoms with Gasteiger partial charge in [0.1, 0.15) is 19.0 Å². The summed E-state index contributed by atoms with van der Waals surface area (Å²) >= 11 is 0. The molecule has 5 heteroatoms. The zero-order valence-electron chi connectivity index (χ0n) is 11.5. The van der Waals surface area contributed by atoms with Crippen LogP contribution in [0.1, 0.15) is 11.1 Å². The molecule has 3 rings (SSSR count). The Kier molecular flexibility index (Phi) is 3.67. The Bertz CT molecular complexity index is 804. The van der Waals surface area contributed by atoms with Crippen LogP contribution in [0.3, 0.4) is 0 Å². The third-order valence-electron chi connectivity index (χ3n) is 3.40. The van der Waals surface area contributed by atoms with E-state index in [1.807, 2.05) is 6.07 Å². The van der Waals surface area contributed by atoms with Crippen LogP contribution in [0.25, 0.3) is 11.1 Å². The van der Waals surface area contributed by atoms with E-state index in [9.17, 15) is 9.18 Å². The second kappa shape index (κ2) is 5.78. The maximum atomic E-state index is 14.3. The number of benzene rings is 2. The van der Waals surface area contributed by atoms with Gasteiger partial charge in [-0.1, -0.05) is 24.3 Å². The largest absolute Gasteiger partial charge is 0.458 e. The molecule has 0 aliphatic carbocycles. The van der Waals surface area contributed by atoms with Gasteiger partial charge in [-0.15, -0.1) is 0 Å². The smallest absolute Gasteiger partial charge is 0.328 e. The Morgan fingerprint density at radius 2 is 1.86 bits per heavy atom. The van der Waals surface area contributed by atoms with E-state index in [2.05, 4.69) is 4.99 Å². The van der Waals surface area contributed by atoms with Crippen LogP contribution in [-0.2, 0) is 9.53 Å². The van der Waals surface area contributed by atoms with Crippen LogP contribution in [0.4, 0.5) is 4.39 Å². The van der Waals surface area contributed by atoms with Gasteiger partial charge in [0.2, 0.25) is 0 Å². The van der Waals surface area contributed by atoms with Gasteiger partial charge in [-0.3, -0.25) is 9.79 Å². The number of rotatable bonds is 2. The van der Waals surface area contributed by atoms with Crippen molar-refractivity contribution in [2.75, 3.05) is 13.2 Å². The molecule has 0 aromatic heterocycles. The van der Waals surface area contributed by atoms with E-state index in [0.717, 1.165) is 0 Å². The number of cyclic esters (lactones) is 1. The normalized spacial score (nSPS) is 14.0. The van der Waals surface area contributed by atoms with Gasteiger partial charge in [-0.25, -0.2) is 4.39 Å². The van der Waals surface area contributed by atoms with E-state index in [0.29, 0.717) is 28.0 Å². The van der Waals surface area contributed by atoms with E-state index >= 15 is 0 Å². The van der Waals surface area contributed by atoms with Crippen molar-refractivity contribution in [1.29, 1.82) is 5.26 Å². The number of hydrogen-bond acceptors (Lipinski definition) is 4.